The molecule has 0 unspecified atom stereocenters. The fraction of sp³-hybridized carbons (Fsp3) is 0.615. The van der Waals surface area contributed by atoms with E-state index >= 15 is 0 Å². The molecule has 0 amide bonds. The first-order chi connectivity index (χ1) is 7.40. The number of aromatic nitrogens is 1. The van der Waals surface area contributed by atoms with Crippen molar-refractivity contribution in [2.45, 2.75) is 46.6 Å². The molecular weight excluding hydrogens is 202 g/mol. The van der Waals surface area contributed by atoms with E-state index in [2.05, 4.69) is 25.3 Å². The number of rotatable bonds is 3. The number of carbonyl (C=O) groups excluding carboxylic acids is 1. The zero-order valence-corrected chi connectivity index (χ0v) is 10.8. The van der Waals surface area contributed by atoms with E-state index in [1.54, 1.807) is 0 Å². The van der Waals surface area contributed by atoms with Crippen molar-refractivity contribution in [3.8, 4) is 0 Å². The molecule has 0 fully saturated rings. The zero-order valence-electron chi connectivity index (χ0n) is 10.8. The second kappa shape index (κ2) is 4.73. The third-order valence-electron chi connectivity index (χ3n) is 2.56. The highest BCUT2D eigenvalue weighted by Crippen LogP contribution is 2.20. The lowest BCUT2D eigenvalue weighted by molar-refractivity contribution is 0.0525. The quantitative estimate of drug-likeness (QED) is 0.738. The Balaban J connectivity index is 3.09. The standard InChI is InChI=1S/C13H21NO2/c1-6-10-8-14(13(3,4)5)9-11(10)12(15)16-7-2/h8-9H,6-7H2,1-5H3. The Morgan fingerprint density at radius 1 is 1.31 bits per heavy atom. The molecule has 3 nitrogen and oxygen atoms in total. The predicted molar refractivity (Wildman–Crippen MR) is 64.8 cm³/mol. The maximum absolute atomic E-state index is 11.7. The molecule has 1 aromatic heterocycles. The molecule has 0 radical (unpaired) electrons. The van der Waals surface area contributed by atoms with Gasteiger partial charge in [-0.15, -0.1) is 0 Å². The minimum atomic E-state index is -0.220. The summed E-state index contributed by atoms with van der Waals surface area (Å²) >= 11 is 0. The molecule has 1 aromatic rings. The fourth-order valence-corrected chi connectivity index (χ4v) is 1.56. The highest BCUT2D eigenvalue weighted by molar-refractivity contribution is 5.91. The van der Waals surface area contributed by atoms with Crippen LogP contribution in [0, 0.1) is 0 Å². The minimum Gasteiger partial charge on any atom is -0.462 e. The Morgan fingerprint density at radius 2 is 1.94 bits per heavy atom. The van der Waals surface area contributed by atoms with Crippen LogP contribution in [0.15, 0.2) is 12.4 Å². The molecule has 16 heavy (non-hydrogen) atoms. The molecule has 1 rings (SSSR count). The van der Waals surface area contributed by atoms with Crippen LogP contribution in [0.4, 0.5) is 0 Å². The van der Waals surface area contributed by atoms with Gasteiger partial charge in [-0.25, -0.2) is 4.79 Å². The van der Waals surface area contributed by atoms with Gasteiger partial charge in [0.25, 0.3) is 0 Å². The van der Waals surface area contributed by atoms with E-state index in [-0.39, 0.29) is 11.5 Å². The fourth-order valence-electron chi connectivity index (χ4n) is 1.56. The third kappa shape index (κ3) is 2.65. The summed E-state index contributed by atoms with van der Waals surface area (Å²) in [5, 5.41) is 0. The van der Waals surface area contributed by atoms with Gasteiger partial charge in [-0.05, 0) is 39.7 Å². The van der Waals surface area contributed by atoms with Crippen LogP contribution in [0.25, 0.3) is 0 Å². The van der Waals surface area contributed by atoms with Gasteiger partial charge in [0.15, 0.2) is 0 Å². The second-order valence-corrected chi connectivity index (χ2v) is 4.85. The van der Waals surface area contributed by atoms with E-state index in [9.17, 15) is 4.79 Å². The summed E-state index contributed by atoms with van der Waals surface area (Å²) in [6, 6.07) is 0. The normalized spacial score (nSPS) is 11.6. The molecule has 0 aliphatic heterocycles. The average molecular weight is 223 g/mol. The van der Waals surface area contributed by atoms with Crippen LogP contribution in [0.1, 0.15) is 50.5 Å². The molecule has 0 atom stereocenters. The number of ether oxygens (including phenoxy) is 1. The van der Waals surface area contributed by atoms with E-state index in [1.165, 1.54) is 0 Å². The van der Waals surface area contributed by atoms with Crippen LogP contribution in [-0.4, -0.2) is 17.1 Å². The first-order valence-corrected chi connectivity index (χ1v) is 5.78. The summed E-state index contributed by atoms with van der Waals surface area (Å²) in [5.41, 5.74) is 1.74. The smallest absolute Gasteiger partial charge is 0.339 e. The first-order valence-electron chi connectivity index (χ1n) is 5.78. The number of esters is 1. The van der Waals surface area contributed by atoms with Gasteiger partial charge in [-0.1, -0.05) is 6.92 Å². The number of hydrogen-bond donors (Lipinski definition) is 0. The molecule has 0 aliphatic carbocycles. The van der Waals surface area contributed by atoms with Crippen molar-refractivity contribution >= 4 is 5.97 Å². The number of hydrogen-bond acceptors (Lipinski definition) is 2. The Bertz CT molecular complexity index is 372. The van der Waals surface area contributed by atoms with Gasteiger partial charge in [-0.3, -0.25) is 0 Å². The molecule has 0 aromatic carbocycles. The predicted octanol–water partition coefficient (Wildman–Crippen LogP) is 2.98. The molecule has 0 N–H and O–H groups in total. The molecule has 0 saturated carbocycles. The van der Waals surface area contributed by atoms with Gasteiger partial charge < -0.3 is 9.30 Å². The van der Waals surface area contributed by atoms with Crippen LogP contribution < -0.4 is 0 Å². The number of nitrogens with zero attached hydrogens (tertiary/aromatic N) is 1. The van der Waals surface area contributed by atoms with E-state index in [4.69, 9.17) is 4.74 Å². The van der Waals surface area contributed by atoms with E-state index in [0.29, 0.717) is 12.2 Å². The van der Waals surface area contributed by atoms with Crippen LogP contribution in [0.5, 0.6) is 0 Å². The minimum absolute atomic E-state index is 0.00529. The van der Waals surface area contributed by atoms with Crippen molar-refractivity contribution in [1.29, 1.82) is 0 Å². The summed E-state index contributed by atoms with van der Waals surface area (Å²) in [6.45, 7) is 10.6. The van der Waals surface area contributed by atoms with E-state index in [1.807, 2.05) is 26.2 Å². The van der Waals surface area contributed by atoms with Crippen molar-refractivity contribution in [1.82, 2.24) is 4.57 Å². The summed E-state index contributed by atoms with van der Waals surface area (Å²) in [4.78, 5) is 11.7. The van der Waals surface area contributed by atoms with Gasteiger partial charge in [-0.2, -0.15) is 0 Å². The number of carbonyl (C=O) groups is 1. The van der Waals surface area contributed by atoms with Gasteiger partial charge in [0.2, 0.25) is 0 Å². The summed E-state index contributed by atoms with van der Waals surface area (Å²) < 4.78 is 7.11. The lowest BCUT2D eigenvalue weighted by Crippen LogP contribution is -2.19. The molecule has 90 valence electrons. The van der Waals surface area contributed by atoms with E-state index in [0.717, 1.165) is 12.0 Å². The van der Waals surface area contributed by atoms with Gasteiger partial charge >= 0.3 is 5.97 Å². The van der Waals surface area contributed by atoms with Crippen molar-refractivity contribution in [2.75, 3.05) is 6.61 Å². The molecule has 3 heteroatoms. The molecular formula is C13H21NO2. The van der Waals surface area contributed by atoms with Gasteiger partial charge in [0, 0.05) is 17.9 Å². The van der Waals surface area contributed by atoms with Crippen molar-refractivity contribution < 1.29 is 9.53 Å². The molecule has 0 spiro atoms. The van der Waals surface area contributed by atoms with Gasteiger partial charge in [0.1, 0.15) is 0 Å². The first kappa shape index (κ1) is 12.8. The molecule has 0 bridgehead atoms. The van der Waals surface area contributed by atoms with Crippen LogP contribution in [-0.2, 0) is 16.7 Å². The van der Waals surface area contributed by atoms with Gasteiger partial charge in [0.05, 0.1) is 12.2 Å². The Labute approximate surface area is 97.4 Å². The summed E-state index contributed by atoms with van der Waals surface area (Å²) in [7, 11) is 0. The zero-order chi connectivity index (χ0) is 12.3. The third-order valence-corrected chi connectivity index (χ3v) is 2.56. The maximum Gasteiger partial charge on any atom is 0.339 e. The molecule has 0 aliphatic rings. The molecule has 0 saturated heterocycles. The average Bonchev–Trinajstić information content (AvgIpc) is 2.61. The highest BCUT2D eigenvalue weighted by atomic mass is 16.5. The van der Waals surface area contributed by atoms with Crippen LogP contribution in [0.3, 0.4) is 0 Å². The van der Waals surface area contributed by atoms with E-state index < -0.39 is 0 Å². The second-order valence-electron chi connectivity index (χ2n) is 4.85. The van der Waals surface area contributed by atoms with Crippen molar-refractivity contribution in [3.63, 3.8) is 0 Å². The Kier molecular flexibility index (Phi) is 3.79. The Morgan fingerprint density at radius 3 is 2.38 bits per heavy atom. The SMILES string of the molecule is CCOC(=O)c1cn(C(C)(C)C)cc1CC. The lowest BCUT2D eigenvalue weighted by atomic mass is 10.1. The monoisotopic (exact) mass is 223 g/mol. The topological polar surface area (TPSA) is 31.2 Å². The summed E-state index contributed by atoms with van der Waals surface area (Å²) in [5.74, 6) is -0.220. The van der Waals surface area contributed by atoms with Crippen molar-refractivity contribution in [3.05, 3.63) is 23.5 Å². The Hall–Kier alpha value is -1.25. The highest BCUT2D eigenvalue weighted by Gasteiger charge is 2.19. The maximum atomic E-state index is 11.7. The van der Waals surface area contributed by atoms with Crippen LogP contribution >= 0.6 is 0 Å². The number of aryl methyl sites for hydroxylation is 1. The largest absolute Gasteiger partial charge is 0.462 e. The summed E-state index contributed by atoms with van der Waals surface area (Å²) in [6.07, 6.45) is 4.76. The van der Waals surface area contributed by atoms with Crippen LogP contribution in [0.2, 0.25) is 0 Å². The molecule has 1 heterocycles. The lowest BCUT2D eigenvalue weighted by Gasteiger charge is -2.20. The van der Waals surface area contributed by atoms with Crippen molar-refractivity contribution in [2.24, 2.45) is 0 Å².